The van der Waals surface area contributed by atoms with Gasteiger partial charge in [-0.3, -0.25) is 0 Å². The summed E-state index contributed by atoms with van der Waals surface area (Å²) >= 11 is 0. The highest BCUT2D eigenvalue weighted by Gasteiger charge is 2.24. The maximum absolute atomic E-state index is 9.85. The minimum atomic E-state index is -0.608. The quantitative estimate of drug-likeness (QED) is 0.778. The molecule has 13 heavy (non-hydrogen) atoms. The molecular formula is C10H16O3. The maximum Gasteiger partial charge on any atom is 0.108 e. The lowest BCUT2D eigenvalue weighted by Crippen LogP contribution is -2.26. The fraction of sp³-hybridized carbons (Fsp3) is 0.600. The highest BCUT2D eigenvalue weighted by Crippen LogP contribution is 2.24. The summed E-state index contributed by atoms with van der Waals surface area (Å²) in [6, 6.07) is 1.75. The van der Waals surface area contributed by atoms with Gasteiger partial charge in [-0.15, -0.1) is 0 Å². The second kappa shape index (κ2) is 4.44. The van der Waals surface area contributed by atoms with Crippen LogP contribution in [0, 0.1) is 5.92 Å². The number of methoxy groups -OCH3 is 1. The second-order valence-electron chi connectivity index (χ2n) is 3.45. The summed E-state index contributed by atoms with van der Waals surface area (Å²) in [5.74, 6) is 0.273. The topological polar surface area (TPSA) is 42.6 Å². The zero-order valence-corrected chi connectivity index (χ0v) is 8.23. The Morgan fingerprint density at radius 1 is 1.46 bits per heavy atom. The molecule has 3 nitrogen and oxygen atoms in total. The van der Waals surface area contributed by atoms with Crippen molar-refractivity contribution in [2.45, 2.75) is 26.1 Å². The smallest absolute Gasteiger partial charge is 0.108 e. The van der Waals surface area contributed by atoms with Crippen molar-refractivity contribution >= 4 is 0 Å². The van der Waals surface area contributed by atoms with Crippen LogP contribution in [0.4, 0.5) is 0 Å². The van der Waals surface area contributed by atoms with Gasteiger partial charge < -0.3 is 14.3 Å². The van der Waals surface area contributed by atoms with Crippen molar-refractivity contribution in [2.24, 2.45) is 5.92 Å². The van der Waals surface area contributed by atoms with Gasteiger partial charge >= 0.3 is 0 Å². The lowest BCUT2D eigenvalue weighted by molar-refractivity contribution is -0.0392. The van der Waals surface area contributed by atoms with Gasteiger partial charge in [-0.05, 0) is 12.0 Å². The molecule has 0 aliphatic carbocycles. The number of rotatable bonds is 4. The van der Waals surface area contributed by atoms with Gasteiger partial charge in [-0.2, -0.15) is 0 Å². The summed E-state index contributed by atoms with van der Waals surface area (Å²) in [5.41, 5.74) is 0.764. The summed E-state index contributed by atoms with van der Waals surface area (Å²) in [4.78, 5) is 0. The average molecular weight is 184 g/mol. The monoisotopic (exact) mass is 184 g/mol. The molecule has 0 bridgehead atoms. The van der Waals surface area contributed by atoms with Gasteiger partial charge in [-0.1, -0.05) is 13.8 Å². The molecule has 0 saturated heterocycles. The lowest BCUT2D eigenvalue weighted by Gasteiger charge is -2.23. The molecule has 1 aromatic heterocycles. The first-order chi connectivity index (χ1) is 6.16. The second-order valence-corrected chi connectivity index (χ2v) is 3.45. The van der Waals surface area contributed by atoms with Crippen LogP contribution in [0.1, 0.15) is 25.5 Å². The molecule has 0 fully saturated rings. The van der Waals surface area contributed by atoms with Crippen LogP contribution in [0.5, 0.6) is 0 Å². The van der Waals surface area contributed by atoms with Gasteiger partial charge in [0, 0.05) is 12.7 Å². The Hall–Kier alpha value is -0.800. The number of aliphatic hydroxyl groups excluding tert-OH is 1. The predicted octanol–water partition coefficient (Wildman–Crippen LogP) is 1.98. The lowest BCUT2D eigenvalue weighted by atomic mass is 9.98. The Morgan fingerprint density at radius 2 is 2.15 bits per heavy atom. The minimum absolute atomic E-state index is 0.183. The van der Waals surface area contributed by atoms with Gasteiger partial charge in [0.1, 0.15) is 6.10 Å². The van der Waals surface area contributed by atoms with E-state index in [1.165, 1.54) is 0 Å². The summed E-state index contributed by atoms with van der Waals surface area (Å²) in [5, 5.41) is 9.85. The fourth-order valence-corrected chi connectivity index (χ4v) is 1.40. The van der Waals surface area contributed by atoms with E-state index in [0.717, 1.165) is 5.56 Å². The number of furan rings is 1. The van der Waals surface area contributed by atoms with Crippen LogP contribution < -0.4 is 0 Å². The highest BCUT2D eigenvalue weighted by atomic mass is 16.5. The fourth-order valence-electron chi connectivity index (χ4n) is 1.40. The number of ether oxygens (including phenoxy) is 1. The van der Waals surface area contributed by atoms with Gasteiger partial charge in [-0.25, -0.2) is 0 Å². The third-order valence-electron chi connectivity index (χ3n) is 2.13. The molecule has 0 aliphatic rings. The third-order valence-corrected chi connectivity index (χ3v) is 2.13. The molecule has 0 aromatic carbocycles. The van der Waals surface area contributed by atoms with Crippen LogP contribution in [0.2, 0.25) is 0 Å². The molecule has 0 spiro atoms. The van der Waals surface area contributed by atoms with Crippen molar-refractivity contribution in [3.05, 3.63) is 24.2 Å². The molecule has 1 heterocycles. The third kappa shape index (κ3) is 2.32. The molecule has 2 atom stereocenters. The van der Waals surface area contributed by atoms with E-state index < -0.39 is 6.10 Å². The van der Waals surface area contributed by atoms with E-state index >= 15 is 0 Å². The largest absolute Gasteiger partial charge is 0.472 e. The van der Waals surface area contributed by atoms with Crippen molar-refractivity contribution in [1.29, 1.82) is 0 Å². The molecule has 1 aromatic rings. The Morgan fingerprint density at radius 3 is 2.54 bits per heavy atom. The predicted molar refractivity (Wildman–Crippen MR) is 49.3 cm³/mol. The maximum atomic E-state index is 9.85. The minimum Gasteiger partial charge on any atom is -0.472 e. The van der Waals surface area contributed by atoms with Gasteiger partial charge in [0.2, 0.25) is 0 Å². The highest BCUT2D eigenvalue weighted by molar-refractivity contribution is 5.11. The molecule has 0 saturated carbocycles. The number of aliphatic hydroxyl groups is 1. The first-order valence-corrected chi connectivity index (χ1v) is 4.39. The van der Waals surface area contributed by atoms with Crippen LogP contribution >= 0.6 is 0 Å². The van der Waals surface area contributed by atoms with E-state index in [0.29, 0.717) is 0 Å². The van der Waals surface area contributed by atoms with E-state index in [2.05, 4.69) is 0 Å². The van der Waals surface area contributed by atoms with Crippen LogP contribution in [0.25, 0.3) is 0 Å². The van der Waals surface area contributed by atoms with Crippen LogP contribution in [-0.4, -0.2) is 18.3 Å². The average Bonchev–Trinajstić information content (AvgIpc) is 2.56. The molecule has 0 aliphatic heterocycles. The normalized spacial score (nSPS) is 16.1. The van der Waals surface area contributed by atoms with Gasteiger partial charge in [0.05, 0.1) is 18.6 Å². The van der Waals surface area contributed by atoms with E-state index in [4.69, 9.17) is 9.15 Å². The van der Waals surface area contributed by atoms with E-state index in [9.17, 15) is 5.11 Å². The van der Waals surface area contributed by atoms with Crippen molar-refractivity contribution in [2.75, 3.05) is 7.11 Å². The van der Waals surface area contributed by atoms with E-state index in [1.807, 2.05) is 13.8 Å². The first kappa shape index (κ1) is 10.3. The Bertz CT molecular complexity index is 228. The van der Waals surface area contributed by atoms with E-state index in [-0.39, 0.29) is 12.0 Å². The van der Waals surface area contributed by atoms with Crippen molar-refractivity contribution in [3.63, 3.8) is 0 Å². The Kier molecular flexibility index (Phi) is 3.51. The zero-order chi connectivity index (χ0) is 9.84. The first-order valence-electron chi connectivity index (χ1n) is 4.39. The standard InChI is InChI=1S/C10H16O3/c1-7(2)10(12-3)9(11)8-4-5-13-6-8/h4-7,9-11H,1-3H3. The van der Waals surface area contributed by atoms with E-state index in [1.54, 1.807) is 25.7 Å². The van der Waals surface area contributed by atoms with Gasteiger partial charge in [0.15, 0.2) is 0 Å². The summed E-state index contributed by atoms with van der Waals surface area (Å²) in [7, 11) is 1.61. The zero-order valence-electron chi connectivity index (χ0n) is 8.23. The van der Waals surface area contributed by atoms with Crippen LogP contribution in [0.15, 0.2) is 23.0 Å². The van der Waals surface area contributed by atoms with Crippen LogP contribution in [-0.2, 0) is 4.74 Å². The molecule has 0 amide bonds. The Balaban J connectivity index is 2.70. The molecule has 74 valence electrons. The van der Waals surface area contributed by atoms with Crippen molar-refractivity contribution < 1.29 is 14.3 Å². The van der Waals surface area contributed by atoms with Crippen molar-refractivity contribution in [3.8, 4) is 0 Å². The molecule has 1 N–H and O–H groups in total. The SMILES string of the molecule is COC(C(C)C)C(O)c1ccoc1. The van der Waals surface area contributed by atoms with Crippen LogP contribution in [0.3, 0.4) is 0 Å². The summed E-state index contributed by atoms with van der Waals surface area (Å²) in [6.45, 7) is 4.02. The molecule has 3 heteroatoms. The number of hydrogen-bond donors (Lipinski definition) is 1. The van der Waals surface area contributed by atoms with Crippen molar-refractivity contribution in [1.82, 2.24) is 0 Å². The summed E-state index contributed by atoms with van der Waals surface area (Å²) < 4.78 is 10.1. The molecule has 1 rings (SSSR count). The molecule has 2 unspecified atom stereocenters. The summed E-state index contributed by atoms with van der Waals surface area (Å²) in [6.07, 6.45) is 2.30. The number of hydrogen-bond acceptors (Lipinski definition) is 3. The molecular weight excluding hydrogens is 168 g/mol. The molecule has 0 radical (unpaired) electrons. The Labute approximate surface area is 78.3 Å². The van der Waals surface area contributed by atoms with Gasteiger partial charge in [0.25, 0.3) is 0 Å².